The number of urea groups is 1. The molecule has 214 valence electrons. The van der Waals surface area contributed by atoms with Gasteiger partial charge in [-0.15, -0.1) is 0 Å². The van der Waals surface area contributed by atoms with Gasteiger partial charge < -0.3 is 24.4 Å². The zero-order valence-corrected chi connectivity index (χ0v) is 24.2. The van der Waals surface area contributed by atoms with E-state index in [0.717, 1.165) is 22.5 Å². The van der Waals surface area contributed by atoms with Crippen LogP contribution in [0.25, 0.3) is 22.4 Å². The Kier molecular flexibility index (Phi) is 7.92. The minimum atomic E-state index is -0.147. The molecule has 3 heterocycles. The molecular weight excluding hydrogens is 552 g/mol. The van der Waals surface area contributed by atoms with E-state index in [1.807, 2.05) is 54.6 Å². The average molecular weight is 583 g/mol. The minimum absolute atomic E-state index is 0.147. The topological polar surface area (TPSA) is 96.6 Å². The second-order valence-electron chi connectivity index (χ2n) is 10.6. The molecule has 3 aromatic carbocycles. The van der Waals surface area contributed by atoms with Crippen LogP contribution in [0.15, 0.2) is 83.4 Å². The number of nitrogens with zero attached hydrogens (tertiary/aromatic N) is 5. The van der Waals surface area contributed by atoms with Gasteiger partial charge in [-0.25, -0.2) is 9.78 Å². The van der Waals surface area contributed by atoms with Crippen molar-refractivity contribution in [1.29, 1.82) is 0 Å². The molecule has 2 aromatic heterocycles. The van der Waals surface area contributed by atoms with Crippen LogP contribution in [0.3, 0.4) is 0 Å². The Morgan fingerprint density at radius 1 is 0.952 bits per heavy atom. The second kappa shape index (κ2) is 12.1. The number of anilines is 2. The van der Waals surface area contributed by atoms with Crippen LogP contribution < -0.4 is 15.0 Å². The highest BCUT2D eigenvalue weighted by Crippen LogP contribution is 2.36. The molecule has 6 rings (SSSR count). The number of hydrogen-bond donors (Lipinski definition) is 1. The summed E-state index contributed by atoms with van der Waals surface area (Å²) >= 11 is 5.98. The summed E-state index contributed by atoms with van der Waals surface area (Å²) in [6, 6.07) is 24.3. The fourth-order valence-corrected chi connectivity index (χ4v) is 5.08. The number of hydrogen-bond acceptors (Lipinski definition) is 7. The number of amides is 2. The summed E-state index contributed by atoms with van der Waals surface area (Å²) in [6.45, 7) is 6.54. The number of halogens is 1. The molecule has 0 spiro atoms. The number of para-hydroxylation sites is 1. The van der Waals surface area contributed by atoms with Crippen molar-refractivity contribution in [2.24, 2.45) is 5.92 Å². The largest absolute Gasteiger partial charge is 0.457 e. The first-order valence-corrected chi connectivity index (χ1v) is 14.4. The van der Waals surface area contributed by atoms with Gasteiger partial charge in [0.15, 0.2) is 0 Å². The van der Waals surface area contributed by atoms with Gasteiger partial charge in [0.2, 0.25) is 0 Å². The van der Waals surface area contributed by atoms with Crippen molar-refractivity contribution >= 4 is 40.2 Å². The molecule has 1 saturated heterocycles. The van der Waals surface area contributed by atoms with Crippen LogP contribution in [-0.2, 0) is 6.42 Å². The van der Waals surface area contributed by atoms with Crippen molar-refractivity contribution in [3.63, 3.8) is 0 Å². The molecule has 1 aliphatic rings. The Bertz CT molecular complexity index is 1680. The second-order valence-corrected chi connectivity index (χ2v) is 11.1. The van der Waals surface area contributed by atoms with Crippen molar-refractivity contribution in [2.75, 3.05) is 36.4 Å². The fraction of sp³-hybridized carbons (Fsp3) is 0.250. The SMILES string of the molecule is CC(C)Cc1nc(N2CCN(C(=O)Nc3ccc(Cl)cc3)CC2)c2c(-c3cccc(Oc4ccccc4)c3)noc2n1. The van der Waals surface area contributed by atoms with Crippen molar-refractivity contribution in [3.8, 4) is 22.8 Å². The first-order valence-electron chi connectivity index (χ1n) is 14.0. The molecule has 10 heteroatoms. The fourth-order valence-electron chi connectivity index (χ4n) is 4.95. The molecule has 0 bridgehead atoms. The molecule has 0 radical (unpaired) electrons. The van der Waals surface area contributed by atoms with Gasteiger partial charge in [0, 0.05) is 48.9 Å². The summed E-state index contributed by atoms with van der Waals surface area (Å²) in [5, 5.41) is 8.76. The summed E-state index contributed by atoms with van der Waals surface area (Å²) in [5.41, 5.74) is 2.64. The molecule has 1 N–H and O–H groups in total. The van der Waals surface area contributed by atoms with Gasteiger partial charge in [-0.2, -0.15) is 4.98 Å². The van der Waals surface area contributed by atoms with E-state index < -0.39 is 0 Å². The van der Waals surface area contributed by atoms with Crippen molar-refractivity contribution < 1.29 is 14.1 Å². The molecular formula is C32H31ClN6O3. The summed E-state index contributed by atoms with van der Waals surface area (Å²) in [6.07, 6.45) is 0.711. The number of nitrogens with one attached hydrogen (secondary N) is 1. The van der Waals surface area contributed by atoms with Gasteiger partial charge in [0.05, 0.1) is 0 Å². The number of ether oxygens (including phenoxy) is 1. The van der Waals surface area contributed by atoms with E-state index in [0.29, 0.717) is 72.2 Å². The summed E-state index contributed by atoms with van der Waals surface area (Å²) in [5.74, 6) is 3.28. The monoisotopic (exact) mass is 582 g/mol. The Hall–Kier alpha value is -4.63. The maximum atomic E-state index is 12.9. The molecule has 9 nitrogen and oxygen atoms in total. The zero-order chi connectivity index (χ0) is 29.1. The Labute approximate surface area is 249 Å². The van der Waals surface area contributed by atoms with Crippen LogP contribution in [-0.4, -0.2) is 52.2 Å². The van der Waals surface area contributed by atoms with Crippen LogP contribution in [0.2, 0.25) is 5.02 Å². The van der Waals surface area contributed by atoms with E-state index in [1.54, 1.807) is 29.2 Å². The highest BCUT2D eigenvalue weighted by molar-refractivity contribution is 6.30. The van der Waals surface area contributed by atoms with Crippen LogP contribution in [0, 0.1) is 5.92 Å². The maximum absolute atomic E-state index is 12.9. The summed E-state index contributed by atoms with van der Waals surface area (Å²) in [7, 11) is 0. The minimum Gasteiger partial charge on any atom is -0.457 e. The highest BCUT2D eigenvalue weighted by atomic mass is 35.5. The number of carbonyl (C=O) groups is 1. The highest BCUT2D eigenvalue weighted by Gasteiger charge is 2.27. The third-order valence-corrected chi connectivity index (χ3v) is 7.25. The Morgan fingerprint density at radius 2 is 1.69 bits per heavy atom. The van der Waals surface area contributed by atoms with Gasteiger partial charge in [-0.05, 0) is 54.4 Å². The number of fused-ring (bicyclic) bond motifs is 1. The smallest absolute Gasteiger partial charge is 0.321 e. The average Bonchev–Trinajstić information content (AvgIpc) is 3.42. The first-order chi connectivity index (χ1) is 20.4. The standard InChI is InChI=1S/C32H31ClN6O3/c1-21(2)19-27-35-30(38-15-17-39(18-16-38)32(40)34-24-13-11-23(33)12-14-24)28-29(37-42-31(28)36-27)22-7-6-10-26(20-22)41-25-8-4-3-5-9-25/h3-14,20-21H,15-19H2,1-2H3,(H,34,40). The third-order valence-electron chi connectivity index (χ3n) is 7.00. The van der Waals surface area contributed by atoms with Gasteiger partial charge in [-0.1, -0.05) is 60.9 Å². The molecule has 42 heavy (non-hydrogen) atoms. The predicted molar refractivity (Wildman–Crippen MR) is 164 cm³/mol. The quantitative estimate of drug-likeness (QED) is 0.215. The third kappa shape index (κ3) is 6.16. The number of rotatable bonds is 7. The normalized spacial score (nSPS) is 13.5. The number of aromatic nitrogens is 3. The number of carbonyl (C=O) groups excluding carboxylic acids is 1. The molecule has 5 aromatic rings. The van der Waals surface area contributed by atoms with E-state index in [1.165, 1.54) is 0 Å². The van der Waals surface area contributed by atoms with Crippen molar-refractivity contribution in [1.82, 2.24) is 20.0 Å². The Balaban J connectivity index is 1.28. The molecule has 1 aliphatic heterocycles. The van der Waals surface area contributed by atoms with Crippen LogP contribution in [0.1, 0.15) is 19.7 Å². The first kappa shape index (κ1) is 27.5. The lowest BCUT2D eigenvalue weighted by Crippen LogP contribution is -2.50. The summed E-state index contributed by atoms with van der Waals surface area (Å²) < 4.78 is 11.9. The van der Waals surface area contributed by atoms with E-state index >= 15 is 0 Å². The van der Waals surface area contributed by atoms with Gasteiger partial charge in [0.25, 0.3) is 5.71 Å². The predicted octanol–water partition coefficient (Wildman–Crippen LogP) is 7.28. The summed E-state index contributed by atoms with van der Waals surface area (Å²) in [4.78, 5) is 26.7. The lowest BCUT2D eigenvalue weighted by molar-refractivity contribution is 0.208. The maximum Gasteiger partial charge on any atom is 0.321 e. The van der Waals surface area contributed by atoms with Crippen molar-refractivity contribution in [2.45, 2.75) is 20.3 Å². The van der Waals surface area contributed by atoms with Crippen LogP contribution >= 0.6 is 11.6 Å². The lowest BCUT2D eigenvalue weighted by Gasteiger charge is -2.35. The van der Waals surface area contributed by atoms with E-state index in [2.05, 4.69) is 29.2 Å². The lowest BCUT2D eigenvalue weighted by atomic mass is 10.1. The van der Waals surface area contributed by atoms with E-state index in [-0.39, 0.29) is 6.03 Å². The van der Waals surface area contributed by atoms with Crippen molar-refractivity contribution in [3.05, 3.63) is 89.7 Å². The molecule has 0 atom stereocenters. The zero-order valence-electron chi connectivity index (χ0n) is 23.5. The van der Waals surface area contributed by atoms with Crippen LogP contribution in [0.5, 0.6) is 11.5 Å². The van der Waals surface area contributed by atoms with Gasteiger partial charge in [0.1, 0.15) is 34.2 Å². The Morgan fingerprint density at radius 3 is 2.43 bits per heavy atom. The molecule has 0 unspecified atom stereocenters. The molecule has 0 saturated carbocycles. The van der Waals surface area contributed by atoms with E-state index in [4.69, 9.17) is 30.8 Å². The molecule has 0 aliphatic carbocycles. The number of piperazine rings is 1. The number of benzene rings is 3. The molecule has 2 amide bonds. The van der Waals surface area contributed by atoms with Gasteiger partial charge in [-0.3, -0.25) is 0 Å². The molecule has 1 fully saturated rings. The van der Waals surface area contributed by atoms with Gasteiger partial charge >= 0.3 is 6.03 Å². The van der Waals surface area contributed by atoms with Crippen LogP contribution in [0.4, 0.5) is 16.3 Å². The van der Waals surface area contributed by atoms with E-state index in [9.17, 15) is 4.79 Å².